The van der Waals surface area contributed by atoms with Crippen molar-refractivity contribution in [3.05, 3.63) is 28.5 Å². The molecule has 1 heterocycles. The smallest absolute Gasteiger partial charge is 0.313 e. The lowest BCUT2D eigenvalue weighted by atomic mass is 9.81. The Kier molecular flexibility index (Phi) is 4.04. The summed E-state index contributed by atoms with van der Waals surface area (Å²) in [4.78, 5) is 15.7. The average Bonchev–Trinajstić information content (AvgIpc) is 2.28. The van der Waals surface area contributed by atoms with Crippen LogP contribution in [-0.4, -0.2) is 18.1 Å². The fourth-order valence-electron chi connectivity index (χ4n) is 1.38. The van der Waals surface area contributed by atoms with E-state index >= 15 is 0 Å². The van der Waals surface area contributed by atoms with E-state index in [1.54, 1.807) is 26.1 Å². The van der Waals surface area contributed by atoms with Crippen molar-refractivity contribution in [3.8, 4) is 0 Å². The van der Waals surface area contributed by atoms with Crippen LogP contribution in [0.15, 0.2) is 22.9 Å². The Labute approximate surface area is 103 Å². The Balaban J connectivity index is 2.97. The van der Waals surface area contributed by atoms with Crippen LogP contribution in [0, 0.1) is 5.41 Å². The van der Waals surface area contributed by atoms with Crippen molar-refractivity contribution >= 4 is 21.9 Å². The molecule has 0 aliphatic rings. The van der Waals surface area contributed by atoms with Gasteiger partial charge in [-0.25, -0.2) is 4.98 Å². The Morgan fingerprint density at radius 3 is 2.62 bits per heavy atom. The molecule has 0 bridgehead atoms. The Bertz CT molecular complexity index is 376. The predicted molar refractivity (Wildman–Crippen MR) is 64.7 cm³/mol. The summed E-state index contributed by atoms with van der Waals surface area (Å²) in [6, 6.07) is 3.19. The molecule has 0 aliphatic carbocycles. The lowest BCUT2D eigenvalue weighted by Crippen LogP contribution is -2.37. The number of aromatic nitrogens is 1. The second-order valence-corrected chi connectivity index (χ2v) is 4.92. The zero-order valence-corrected chi connectivity index (χ0v) is 11.1. The van der Waals surface area contributed by atoms with Gasteiger partial charge in [0.2, 0.25) is 0 Å². The van der Waals surface area contributed by atoms with E-state index in [1.165, 1.54) is 7.11 Å². The first-order valence-corrected chi connectivity index (χ1v) is 5.64. The fraction of sp³-hybridized carbons (Fsp3) is 0.455. The summed E-state index contributed by atoms with van der Waals surface area (Å²) in [6.45, 7) is 3.51. The number of esters is 1. The molecule has 1 aromatic rings. The first-order valence-electron chi connectivity index (χ1n) is 4.85. The molecule has 0 aromatic carbocycles. The lowest BCUT2D eigenvalue weighted by Gasteiger charge is -2.28. The third kappa shape index (κ3) is 2.59. The highest BCUT2D eigenvalue weighted by atomic mass is 79.9. The zero-order valence-electron chi connectivity index (χ0n) is 9.53. The van der Waals surface area contributed by atoms with Gasteiger partial charge in [-0.1, -0.05) is 6.07 Å². The van der Waals surface area contributed by atoms with E-state index in [9.17, 15) is 4.79 Å². The van der Waals surface area contributed by atoms with Gasteiger partial charge in [0.1, 0.15) is 4.60 Å². The van der Waals surface area contributed by atoms with Gasteiger partial charge in [-0.05, 0) is 41.4 Å². The molecule has 2 N–H and O–H groups in total. The number of carbonyl (C=O) groups is 1. The summed E-state index contributed by atoms with van der Waals surface area (Å²) in [5, 5.41) is 0. The molecule has 5 heteroatoms. The monoisotopic (exact) mass is 286 g/mol. The summed E-state index contributed by atoms with van der Waals surface area (Å²) in [7, 11) is 1.36. The third-order valence-electron chi connectivity index (χ3n) is 2.60. The molecule has 0 saturated heterocycles. The molecular weight excluding hydrogens is 272 g/mol. The topological polar surface area (TPSA) is 65.2 Å². The van der Waals surface area contributed by atoms with Crippen molar-refractivity contribution < 1.29 is 9.53 Å². The molecule has 1 rings (SSSR count). The lowest BCUT2D eigenvalue weighted by molar-refractivity contribution is -0.152. The van der Waals surface area contributed by atoms with E-state index in [0.29, 0.717) is 0 Å². The van der Waals surface area contributed by atoms with Crippen molar-refractivity contribution in [1.82, 2.24) is 4.98 Å². The number of nitrogens with zero attached hydrogens (tertiary/aromatic N) is 1. The number of carbonyl (C=O) groups excluding carboxylic acids is 1. The number of nitrogens with two attached hydrogens (primary N) is 1. The highest BCUT2D eigenvalue weighted by Gasteiger charge is 2.36. The van der Waals surface area contributed by atoms with Crippen LogP contribution < -0.4 is 5.73 Å². The second-order valence-electron chi connectivity index (χ2n) is 4.11. The highest BCUT2D eigenvalue weighted by molar-refractivity contribution is 9.10. The SMILES string of the molecule is COC(=O)C(C)(C)[C@@H](N)c1ccc(Br)nc1. The number of halogens is 1. The van der Waals surface area contributed by atoms with Crippen LogP contribution >= 0.6 is 15.9 Å². The van der Waals surface area contributed by atoms with Crippen LogP contribution in [0.5, 0.6) is 0 Å². The molecule has 0 unspecified atom stereocenters. The number of methoxy groups -OCH3 is 1. The summed E-state index contributed by atoms with van der Waals surface area (Å²) in [6.07, 6.45) is 1.65. The maximum atomic E-state index is 11.6. The van der Waals surface area contributed by atoms with Gasteiger partial charge in [-0.2, -0.15) is 0 Å². The number of pyridine rings is 1. The predicted octanol–water partition coefficient (Wildman–Crippen LogP) is 2.04. The van der Waals surface area contributed by atoms with Crippen LogP contribution in [-0.2, 0) is 9.53 Å². The molecule has 1 atom stereocenters. The van der Waals surface area contributed by atoms with Gasteiger partial charge in [0.05, 0.1) is 12.5 Å². The van der Waals surface area contributed by atoms with E-state index in [0.717, 1.165) is 10.2 Å². The number of hydrogen-bond donors (Lipinski definition) is 1. The van der Waals surface area contributed by atoms with Gasteiger partial charge in [0.15, 0.2) is 0 Å². The van der Waals surface area contributed by atoms with Crippen molar-refractivity contribution in [3.63, 3.8) is 0 Å². The van der Waals surface area contributed by atoms with E-state index in [2.05, 4.69) is 20.9 Å². The highest BCUT2D eigenvalue weighted by Crippen LogP contribution is 2.32. The van der Waals surface area contributed by atoms with E-state index < -0.39 is 11.5 Å². The minimum Gasteiger partial charge on any atom is -0.469 e. The second kappa shape index (κ2) is 4.93. The molecular formula is C11H15BrN2O2. The fourth-order valence-corrected chi connectivity index (χ4v) is 1.61. The summed E-state index contributed by atoms with van der Waals surface area (Å²) >= 11 is 3.24. The largest absolute Gasteiger partial charge is 0.469 e. The Morgan fingerprint density at radius 2 is 2.19 bits per heavy atom. The minimum atomic E-state index is -0.774. The van der Waals surface area contributed by atoms with Crippen molar-refractivity contribution in [2.75, 3.05) is 7.11 Å². The molecule has 0 saturated carbocycles. The van der Waals surface area contributed by atoms with Crippen LogP contribution in [0.4, 0.5) is 0 Å². The molecule has 0 fully saturated rings. The van der Waals surface area contributed by atoms with E-state index in [-0.39, 0.29) is 5.97 Å². The van der Waals surface area contributed by atoms with Crippen molar-refractivity contribution in [2.45, 2.75) is 19.9 Å². The molecule has 0 aliphatic heterocycles. The van der Waals surface area contributed by atoms with Gasteiger partial charge in [-0.3, -0.25) is 4.79 Å². The van der Waals surface area contributed by atoms with Gasteiger partial charge in [0, 0.05) is 12.2 Å². The van der Waals surface area contributed by atoms with Crippen LogP contribution in [0.25, 0.3) is 0 Å². The standard InChI is InChI=1S/C11H15BrN2O2/c1-11(2,10(15)16-3)9(13)7-4-5-8(12)14-6-7/h4-6,9H,13H2,1-3H3/t9-/m0/s1. The van der Waals surface area contributed by atoms with Crippen LogP contribution in [0.1, 0.15) is 25.5 Å². The van der Waals surface area contributed by atoms with E-state index in [1.807, 2.05) is 6.07 Å². The average molecular weight is 287 g/mol. The summed E-state index contributed by atoms with van der Waals surface area (Å²) < 4.78 is 5.47. The van der Waals surface area contributed by atoms with Crippen molar-refractivity contribution in [1.29, 1.82) is 0 Å². The van der Waals surface area contributed by atoms with Gasteiger partial charge in [0.25, 0.3) is 0 Å². The first kappa shape index (κ1) is 13.1. The number of hydrogen-bond acceptors (Lipinski definition) is 4. The van der Waals surface area contributed by atoms with E-state index in [4.69, 9.17) is 10.5 Å². The number of ether oxygens (including phenoxy) is 1. The van der Waals surface area contributed by atoms with Gasteiger partial charge >= 0.3 is 5.97 Å². The third-order valence-corrected chi connectivity index (χ3v) is 3.07. The zero-order chi connectivity index (χ0) is 12.3. The van der Waals surface area contributed by atoms with Gasteiger partial charge in [-0.15, -0.1) is 0 Å². The summed E-state index contributed by atoms with van der Waals surface area (Å²) in [5.74, 6) is -0.331. The minimum absolute atomic E-state index is 0.331. The molecule has 1 aromatic heterocycles. The summed E-state index contributed by atoms with van der Waals surface area (Å²) in [5.41, 5.74) is 6.07. The number of rotatable bonds is 3. The van der Waals surface area contributed by atoms with Crippen LogP contribution in [0.2, 0.25) is 0 Å². The normalized spacial score (nSPS) is 13.3. The Morgan fingerprint density at radius 1 is 1.56 bits per heavy atom. The Hall–Kier alpha value is -0.940. The maximum absolute atomic E-state index is 11.6. The first-order chi connectivity index (χ1) is 7.39. The van der Waals surface area contributed by atoms with Crippen LogP contribution in [0.3, 0.4) is 0 Å². The van der Waals surface area contributed by atoms with Crippen molar-refractivity contribution in [2.24, 2.45) is 11.1 Å². The van der Waals surface area contributed by atoms with Gasteiger partial charge < -0.3 is 10.5 Å². The molecule has 16 heavy (non-hydrogen) atoms. The molecule has 88 valence electrons. The molecule has 0 spiro atoms. The quantitative estimate of drug-likeness (QED) is 0.682. The molecule has 0 amide bonds. The molecule has 0 radical (unpaired) electrons. The molecule has 4 nitrogen and oxygen atoms in total. The maximum Gasteiger partial charge on any atom is 0.313 e.